The van der Waals surface area contributed by atoms with Gasteiger partial charge in [0.2, 0.25) is 12.7 Å². The van der Waals surface area contributed by atoms with Crippen molar-refractivity contribution in [3.8, 4) is 11.5 Å². The van der Waals surface area contributed by atoms with Crippen LogP contribution in [0.2, 0.25) is 0 Å². The molecule has 1 aliphatic rings. The van der Waals surface area contributed by atoms with Crippen molar-refractivity contribution in [2.24, 2.45) is 0 Å². The number of hydrogen-bond donors (Lipinski definition) is 1. The zero-order valence-electron chi connectivity index (χ0n) is 16.2. The van der Waals surface area contributed by atoms with Gasteiger partial charge in [-0.25, -0.2) is 4.98 Å². The number of pyridine rings is 1. The van der Waals surface area contributed by atoms with E-state index in [-0.39, 0.29) is 24.2 Å². The van der Waals surface area contributed by atoms with E-state index in [1.165, 1.54) is 18.7 Å². The standard InChI is InChI=1S/C22H20N2O4S/c1-3-14-8-16-9-20-21(28-12-27-20)10-18(16)24-22(14)29-11-19(26)15-4-6-17(7-5-15)23-13(2)25/h4-10H,3,11-12H2,1-2H3,(H,23,25). The molecular formula is C22H20N2O4S. The number of nitrogens with zero attached hydrogens (tertiary/aromatic N) is 1. The first-order chi connectivity index (χ1) is 14.0. The van der Waals surface area contributed by atoms with Gasteiger partial charge in [0.05, 0.1) is 11.3 Å². The second-order valence-electron chi connectivity index (χ2n) is 6.67. The number of rotatable bonds is 6. The molecule has 1 aliphatic heterocycles. The zero-order chi connectivity index (χ0) is 20.4. The molecule has 0 atom stereocenters. The van der Waals surface area contributed by atoms with Crippen molar-refractivity contribution in [1.82, 2.24) is 4.98 Å². The number of anilines is 1. The second-order valence-corrected chi connectivity index (χ2v) is 7.64. The van der Waals surface area contributed by atoms with Crippen LogP contribution in [-0.4, -0.2) is 29.2 Å². The zero-order valence-corrected chi connectivity index (χ0v) is 17.0. The average molecular weight is 408 g/mol. The summed E-state index contributed by atoms with van der Waals surface area (Å²) in [7, 11) is 0. The number of benzene rings is 2. The predicted octanol–water partition coefficient (Wildman–Crippen LogP) is 4.46. The van der Waals surface area contributed by atoms with Crippen LogP contribution in [-0.2, 0) is 11.2 Å². The van der Waals surface area contributed by atoms with Gasteiger partial charge in [-0.15, -0.1) is 0 Å². The molecule has 1 aromatic heterocycles. The monoisotopic (exact) mass is 408 g/mol. The van der Waals surface area contributed by atoms with Gasteiger partial charge >= 0.3 is 0 Å². The summed E-state index contributed by atoms with van der Waals surface area (Å²) in [6, 6.07) is 12.8. The van der Waals surface area contributed by atoms with E-state index >= 15 is 0 Å². The molecule has 6 nitrogen and oxygen atoms in total. The minimum absolute atomic E-state index is 0.0130. The van der Waals surface area contributed by atoms with Gasteiger partial charge in [-0.1, -0.05) is 18.7 Å². The highest BCUT2D eigenvalue weighted by molar-refractivity contribution is 8.00. The van der Waals surface area contributed by atoms with E-state index in [4.69, 9.17) is 14.5 Å². The number of aryl methyl sites for hydroxylation is 1. The maximum Gasteiger partial charge on any atom is 0.231 e. The number of ether oxygens (including phenoxy) is 2. The van der Waals surface area contributed by atoms with Crippen LogP contribution in [0, 0.1) is 0 Å². The third-order valence-corrected chi connectivity index (χ3v) is 5.63. The van der Waals surface area contributed by atoms with Gasteiger partial charge in [0, 0.05) is 29.6 Å². The van der Waals surface area contributed by atoms with Gasteiger partial charge in [-0.3, -0.25) is 9.59 Å². The molecule has 29 heavy (non-hydrogen) atoms. The average Bonchev–Trinajstić information content (AvgIpc) is 3.16. The topological polar surface area (TPSA) is 77.5 Å². The van der Waals surface area contributed by atoms with Crippen LogP contribution in [0.1, 0.15) is 29.8 Å². The number of hydrogen-bond acceptors (Lipinski definition) is 6. The third-order valence-electron chi connectivity index (χ3n) is 4.60. The Bertz CT molecular complexity index is 1100. The molecule has 0 radical (unpaired) electrons. The Kier molecular flexibility index (Phi) is 5.40. The minimum Gasteiger partial charge on any atom is -0.454 e. The van der Waals surface area contributed by atoms with Gasteiger partial charge < -0.3 is 14.8 Å². The first-order valence-corrected chi connectivity index (χ1v) is 10.3. The SMILES string of the molecule is CCc1cc2cc3c(cc2nc1SCC(=O)c1ccc(NC(C)=O)cc1)OCO3. The smallest absolute Gasteiger partial charge is 0.231 e. The van der Waals surface area contributed by atoms with Crippen molar-refractivity contribution in [1.29, 1.82) is 0 Å². The lowest BCUT2D eigenvalue weighted by Gasteiger charge is -2.10. The molecule has 1 N–H and O–H groups in total. The summed E-state index contributed by atoms with van der Waals surface area (Å²) in [6.07, 6.45) is 0.819. The number of thioether (sulfide) groups is 1. The van der Waals surface area contributed by atoms with Crippen molar-refractivity contribution < 1.29 is 19.1 Å². The first kappa shape index (κ1) is 19.3. The Balaban J connectivity index is 1.51. The normalized spacial score (nSPS) is 12.2. The maximum absolute atomic E-state index is 12.6. The molecule has 2 aromatic carbocycles. The highest BCUT2D eigenvalue weighted by atomic mass is 32.2. The number of ketones is 1. The van der Waals surface area contributed by atoms with E-state index in [1.807, 2.05) is 12.1 Å². The lowest BCUT2D eigenvalue weighted by molar-refractivity contribution is -0.114. The Morgan fingerprint density at radius 1 is 1.10 bits per heavy atom. The summed E-state index contributed by atoms with van der Waals surface area (Å²) >= 11 is 1.44. The lowest BCUT2D eigenvalue weighted by atomic mass is 10.1. The number of fused-ring (bicyclic) bond motifs is 2. The molecule has 1 amide bonds. The van der Waals surface area contributed by atoms with Crippen LogP contribution >= 0.6 is 11.8 Å². The number of carbonyl (C=O) groups excluding carboxylic acids is 2. The van der Waals surface area contributed by atoms with E-state index in [1.54, 1.807) is 24.3 Å². The highest BCUT2D eigenvalue weighted by Gasteiger charge is 2.17. The van der Waals surface area contributed by atoms with Crippen LogP contribution in [0.25, 0.3) is 10.9 Å². The van der Waals surface area contributed by atoms with Crippen LogP contribution in [0.4, 0.5) is 5.69 Å². The summed E-state index contributed by atoms with van der Waals surface area (Å²) < 4.78 is 10.9. The fourth-order valence-electron chi connectivity index (χ4n) is 3.13. The molecule has 0 unspecified atom stereocenters. The number of carbonyl (C=O) groups is 2. The summed E-state index contributed by atoms with van der Waals surface area (Å²) in [5.41, 5.74) is 3.19. The van der Waals surface area contributed by atoms with Gasteiger partial charge in [0.1, 0.15) is 5.03 Å². The maximum atomic E-state index is 12.6. The van der Waals surface area contributed by atoms with E-state index < -0.39 is 0 Å². The second kappa shape index (κ2) is 8.13. The molecule has 4 rings (SSSR count). The molecule has 3 aromatic rings. The highest BCUT2D eigenvalue weighted by Crippen LogP contribution is 2.37. The summed E-state index contributed by atoms with van der Waals surface area (Å²) in [5.74, 6) is 1.59. The molecular weight excluding hydrogens is 388 g/mol. The van der Waals surface area contributed by atoms with E-state index in [0.717, 1.165) is 33.7 Å². The van der Waals surface area contributed by atoms with Gasteiger partial charge in [-0.05, 0) is 48.4 Å². The lowest BCUT2D eigenvalue weighted by Crippen LogP contribution is -2.07. The number of aromatic nitrogens is 1. The van der Waals surface area contributed by atoms with Crippen LogP contribution < -0.4 is 14.8 Å². The fraction of sp³-hybridized carbons (Fsp3) is 0.227. The molecule has 0 saturated heterocycles. The quantitative estimate of drug-likeness (QED) is 0.479. The Morgan fingerprint density at radius 3 is 2.52 bits per heavy atom. The molecule has 148 valence electrons. The van der Waals surface area contributed by atoms with Crippen molar-refractivity contribution >= 4 is 40.0 Å². The fourth-order valence-corrected chi connectivity index (χ4v) is 4.11. The van der Waals surface area contributed by atoms with Crippen molar-refractivity contribution in [3.05, 3.63) is 53.6 Å². The third kappa shape index (κ3) is 4.19. The minimum atomic E-state index is -0.142. The molecule has 0 bridgehead atoms. The van der Waals surface area contributed by atoms with E-state index in [9.17, 15) is 9.59 Å². The van der Waals surface area contributed by atoms with Gasteiger partial charge in [-0.2, -0.15) is 0 Å². The van der Waals surface area contributed by atoms with Gasteiger partial charge in [0.15, 0.2) is 17.3 Å². The number of nitrogens with one attached hydrogen (secondary N) is 1. The molecule has 2 heterocycles. The Hall–Kier alpha value is -3.06. The first-order valence-electron chi connectivity index (χ1n) is 9.30. The summed E-state index contributed by atoms with van der Waals surface area (Å²) in [5, 5.41) is 4.54. The molecule has 0 saturated carbocycles. The largest absolute Gasteiger partial charge is 0.454 e. The van der Waals surface area contributed by atoms with Crippen LogP contribution in [0.15, 0.2) is 47.5 Å². The summed E-state index contributed by atoms with van der Waals surface area (Å²) in [6.45, 7) is 3.75. The van der Waals surface area contributed by atoms with Crippen LogP contribution in [0.3, 0.4) is 0 Å². The van der Waals surface area contributed by atoms with E-state index in [0.29, 0.717) is 17.0 Å². The molecule has 0 spiro atoms. The predicted molar refractivity (Wildman–Crippen MR) is 113 cm³/mol. The van der Waals surface area contributed by atoms with Gasteiger partial charge in [0.25, 0.3) is 0 Å². The van der Waals surface area contributed by atoms with E-state index in [2.05, 4.69) is 18.3 Å². The van der Waals surface area contributed by atoms with Crippen molar-refractivity contribution in [2.75, 3.05) is 17.9 Å². The number of amides is 1. The van der Waals surface area contributed by atoms with Crippen molar-refractivity contribution in [3.63, 3.8) is 0 Å². The Labute approximate surface area is 172 Å². The molecule has 0 fully saturated rings. The summed E-state index contributed by atoms with van der Waals surface area (Å²) in [4.78, 5) is 28.5. The van der Waals surface area contributed by atoms with Crippen molar-refractivity contribution in [2.45, 2.75) is 25.3 Å². The Morgan fingerprint density at radius 2 is 1.83 bits per heavy atom. The van der Waals surface area contributed by atoms with Crippen LogP contribution in [0.5, 0.6) is 11.5 Å². The number of Topliss-reactive ketones (excluding diaryl/α,β-unsaturated/α-hetero) is 1. The molecule has 0 aliphatic carbocycles. The molecule has 7 heteroatoms.